The quantitative estimate of drug-likeness (QED) is 0.894. The van der Waals surface area contributed by atoms with Crippen LogP contribution in [0, 0.1) is 12.8 Å². The minimum absolute atomic E-state index is 0.0819. The minimum atomic E-state index is -0.0829. The molecule has 1 fully saturated rings. The maximum Gasteiger partial charge on any atom is 0.263 e. The first-order chi connectivity index (χ1) is 8.63. The maximum atomic E-state index is 12.2. The van der Waals surface area contributed by atoms with Crippen molar-refractivity contribution in [1.29, 1.82) is 0 Å². The van der Waals surface area contributed by atoms with Crippen molar-refractivity contribution in [2.24, 2.45) is 11.7 Å². The highest BCUT2D eigenvalue weighted by Crippen LogP contribution is 2.29. The minimum Gasteiger partial charge on any atom is -0.347 e. The third kappa shape index (κ3) is 2.87. The van der Waals surface area contributed by atoms with Crippen LogP contribution in [0.5, 0.6) is 0 Å². The van der Waals surface area contributed by atoms with Gasteiger partial charge in [0.1, 0.15) is 4.88 Å². The molecule has 0 saturated heterocycles. The Morgan fingerprint density at radius 2 is 2.28 bits per heavy atom. The lowest BCUT2D eigenvalue weighted by molar-refractivity contribution is 0.0928. The summed E-state index contributed by atoms with van der Waals surface area (Å²) in [6, 6.07) is 0.0819. The third-order valence-corrected chi connectivity index (χ3v) is 5.34. The van der Waals surface area contributed by atoms with Crippen molar-refractivity contribution in [3.05, 3.63) is 20.8 Å². The van der Waals surface area contributed by atoms with Crippen LogP contribution in [0.4, 0.5) is 0 Å². The molecule has 1 aliphatic carbocycles. The van der Waals surface area contributed by atoms with Crippen LogP contribution in [-0.4, -0.2) is 18.5 Å². The highest BCUT2D eigenvalue weighted by atomic mass is 35.5. The number of amides is 1. The molecule has 1 aromatic rings. The molecular weight excluding hydrogens is 268 g/mol. The second kappa shape index (κ2) is 6.04. The van der Waals surface area contributed by atoms with Gasteiger partial charge < -0.3 is 11.1 Å². The Bertz CT molecular complexity index is 427. The molecule has 18 heavy (non-hydrogen) atoms. The van der Waals surface area contributed by atoms with Crippen LogP contribution < -0.4 is 11.1 Å². The molecule has 1 heterocycles. The van der Waals surface area contributed by atoms with E-state index in [1.165, 1.54) is 37.0 Å². The molecule has 3 N–H and O–H groups in total. The van der Waals surface area contributed by atoms with Crippen molar-refractivity contribution < 1.29 is 4.79 Å². The first-order valence-electron chi connectivity index (χ1n) is 6.38. The van der Waals surface area contributed by atoms with E-state index in [-0.39, 0.29) is 11.9 Å². The summed E-state index contributed by atoms with van der Waals surface area (Å²) >= 11 is 7.50. The second-order valence-electron chi connectivity index (χ2n) is 4.92. The van der Waals surface area contributed by atoms with E-state index in [9.17, 15) is 4.79 Å². The van der Waals surface area contributed by atoms with Gasteiger partial charge in [-0.1, -0.05) is 24.4 Å². The van der Waals surface area contributed by atoms with Gasteiger partial charge in [0.05, 0.1) is 5.02 Å². The first kappa shape index (κ1) is 13.8. The van der Waals surface area contributed by atoms with Gasteiger partial charge in [-0.05, 0) is 36.6 Å². The van der Waals surface area contributed by atoms with E-state index < -0.39 is 0 Å². The summed E-state index contributed by atoms with van der Waals surface area (Å²) in [6.07, 6.45) is 4.82. The van der Waals surface area contributed by atoms with Crippen LogP contribution in [0.2, 0.25) is 5.02 Å². The van der Waals surface area contributed by atoms with E-state index in [0.717, 1.165) is 5.56 Å². The highest BCUT2D eigenvalue weighted by Gasteiger charge is 2.26. The van der Waals surface area contributed by atoms with E-state index in [1.807, 2.05) is 12.3 Å². The molecule has 0 spiro atoms. The molecule has 2 rings (SSSR count). The van der Waals surface area contributed by atoms with Crippen LogP contribution in [0.3, 0.4) is 0 Å². The average molecular weight is 287 g/mol. The highest BCUT2D eigenvalue weighted by molar-refractivity contribution is 7.13. The lowest BCUT2D eigenvalue weighted by Crippen LogP contribution is -2.44. The fourth-order valence-electron chi connectivity index (χ4n) is 2.55. The summed E-state index contributed by atoms with van der Waals surface area (Å²) in [5, 5.41) is 5.52. The van der Waals surface area contributed by atoms with E-state index in [1.54, 1.807) is 0 Å². The lowest BCUT2D eigenvalue weighted by Gasteiger charge is -2.22. The van der Waals surface area contributed by atoms with Crippen molar-refractivity contribution in [3.8, 4) is 0 Å². The second-order valence-corrected chi connectivity index (χ2v) is 6.18. The smallest absolute Gasteiger partial charge is 0.263 e. The Balaban J connectivity index is 2.03. The molecule has 1 amide bonds. The number of nitrogens with two attached hydrogens (primary N) is 1. The maximum absolute atomic E-state index is 12.2. The molecule has 1 saturated carbocycles. The van der Waals surface area contributed by atoms with Crippen LogP contribution in [-0.2, 0) is 0 Å². The third-order valence-electron chi connectivity index (χ3n) is 3.64. The molecule has 0 radical (unpaired) electrons. The van der Waals surface area contributed by atoms with Crippen molar-refractivity contribution >= 4 is 28.8 Å². The molecule has 1 aromatic heterocycles. The predicted octanol–water partition coefficient (Wildman–Crippen LogP) is 2.96. The largest absolute Gasteiger partial charge is 0.347 e. The first-order valence-corrected chi connectivity index (χ1v) is 7.63. The predicted molar refractivity (Wildman–Crippen MR) is 76.3 cm³/mol. The monoisotopic (exact) mass is 286 g/mol. The Kier molecular flexibility index (Phi) is 4.65. The number of aryl methyl sites for hydroxylation is 1. The van der Waals surface area contributed by atoms with Gasteiger partial charge in [-0.3, -0.25) is 4.79 Å². The molecule has 3 nitrogen and oxygen atoms in total. The van der Waals surface area contributed by atoms with Gasteiger partial charge in [-0.2, -0.15) is 0 Å². The van der Waals surface area contributed by atoms with Crippen molar-refractivity contribution in [2.45, 2.75) is 38.6 Å². The van der Waals surface area contributed by atoms with Crippen LogP contribution >= 0.6 is 22.9 Å². The number of halogens is 1. The van der Waals surface area contributed by atoms with Crippen LogP contribution in [0.15, 0.2) is 5.38 Å². The zero-order valence-electron chi connectivity index (χ0n) is 10.5. The summed E-state index contributed by atoms with van der Waals surface area (Å²) in [6.45, 7) is 2.41. The summed E-state index contributed by atoms with van der Waals surface area (Å²) in [5.41, 5.74) is 6.73. The summed E-state index contributed by atoms with van der Waals surface area (Å²) in [4.78, 5) is 12.8. The zero-order chi connectivity index (χ0) is 13.1. The zero-order valence-corrected chi connectivity index (χ0v) is 12.1. The topological polar surface area (TPSA) is 55.1 Å². The number of nitrogens with one attached hydrogen (secondary N) is 1. The standard InChI is InChI=1S/C13H19ClN2OS/c1-8-7-18-12(11(8)14)13(17)16-10(6-15)9-4-2-3-5-9/h7,9-10H,2-6,15H2,1H3,(H,16,17). The number of carbonyl (C=O) groups excluding carboxylic acids is 1. The molecule has 0 bridgehead atoms. The Morgan fingerprint density at radius 3 is 2.78 bits per heavy atom. The molecule has 1 unspecified atom stereocenters. The molecule has 1 atom stereocenters. The van der Waals surface area contributed by atoms with Gasteiger partial charge in [-0.25, -0.2) is 0 Å². The van der Waals surface area contributed by atoms with E-state index in [4.69, 9.17) is 17.3 Å². The fraction of sp³-hybridized carbons (Fsp3) is 0.615. The van der Waals surface area contributed by atoms with E-state index >= 15 is 0 Å². The summed E-state index contributed by atoms with van der Waals surface area (Å²) in [5.74, 6) is 0.444. The van der Waals surface area contributed by atoms with E-state index in [0.29, 0.717) is 22.4 Å². The van der Waals surface area contributed by atoms with Gasteiger partial charge in [0, 0.05) is 12.6 Å². The molecule has 0 aromatic carbocycles. The number of hydrogen-bond donors (Lipinski definition) is 2. The molecule has 5 heteroatoms. The van der Waals surface area contributed by atoms with Gasteiger partial charge in [0.25, 0.3) is 5.91 Å². The summed E-state index contributed by atoms with van der Waals surface area (Å²) < 4.78 is 0. The van der Waals surface area contributed by atoms with Gasteiger partial charge in [0.2, 0.25) is 0 Å². The molecular formula is C13H19ClN2OS. The van der Waals surface area contributed by atoms with Crippen molar-refractivity contribution in [1.82, 2.24) is 5.32 Å². The molecule has 1 aliphatic rings. The average Bonchev–Trinajstić information content (AvgIpc) is 2.98. The van der Waals surface area contributed by atoms with Crippen LogP contribution in [0.25, 0.3) is 0 Å². The van der Waals surface area contributed by atoms with Gasteiger partial charge >= 0.3 is 0 Å². The normalized spacial score (nSPS) is 17.9. The lowest BCUT2D eigenvalue weighted by atomic mass is 9.98. The van der Waals surface area contributed by atoms with Crippen molar-refractivity contribution in [3.63, 3.8) is 0 Å². The Hall–Kier alpha value is -0.580. The van der Waals surface area contributed by atoms with Crippen LogP contribution in [0.1, 0.15) is 40.9 Å². The van der Waals surface area contributed by atoms with E-state index in [2.05, 4.69) is 5.32 Å². The number of hydrogen-bond acceptors (Lipinski definition) is 3. The number of thiophene rings is 1. The number of rotatable bonds is 4. The number of carbonyl (C=O) groups is 1. The molecule has 100 valence electrons. The Morgan fingerprint density at radius 1 is 1.61 bits per heavy atom. The van der Waals surface area contributed by atoms with Gasteiger partial charge in [0.15, 0.2) is 0 Å². The van der Waals surface area contributed by atoms with Crippen molar-refractivity contribution in [2.75, 3.05) is 6.54 Å². The van der Waals surface area contributed by atoms with Gasteiger partial charge in [-0.15, -0.1) is 11.3 Å². The molecule has 0 aliphatic heterocycles. The summed E-state index contributed by atoms with van der Waals surface area (Å²) in [7, 11) is 0. The SMILES string of the molecule is Cc1csc(C(=O)NC(CN)C2CCCC2)c1Cl. The fourth-order valence-corrected chi connectivity index (χ4v) is 3.73. The Labute approximate surface area is 117 Å².